The fourth-order valence-corrected chi connectivity index (χ4v) is 4.60. The number of carbonyl (C=O) groups excluding carboxylic acids is 3. The van der Waals surface area contributed by atoms with E-state index in [1.54, 1.807) is 24.3 Å². The Labute approximate surface area is 220 Å². The van der Waals surface area contributed by atoms with Crippen LogP contribution in [0, 0.1) is 0 Å². The van der Waals surface area contributed by atoms with Gasteiger partial charge < -0.3 is 20.1 Å². The summed E-state index contributed by atoms with van der Waals surface area (Å²) < 4.78 is 31.8. The number of thiazole rings is 1. The van der Waals surface area contributed by atoms with Crippen molar-refractivity contribution < 1.29 is 32.6 Å². The van der Waals surface area contributed by atoms with E-state index >= 15 is 0 Å². The van der Waals surface area contributed by atoms with E-state index < -0.39 is 41.3 Å². The smallest absolute Gasteiger partial charge is 0.407 e. The maximum atomic E-state index is 13.4. The van der Waals surface area contributed by atoms with Gasteiger partial charge in [0.1, 0.15) is 11.0 Å². The Morgan fingerprint density at radius 1 is 0.973 bits per heavy atom. The molecule has 1 heterocycles. The number of hydrogen-bond donors (Lipinski definition) is 4. The summed E-state index contributed by atoms with van der Waals surface area (Å²) in [5.74, 6) is -1.07. The van der Waals surface area contributed by atoms with E-state index in [9.17, 15) is 18.6 Å². The molecule has 196 valence electrons. The Hall–Kier alpha value is -3.81. The van der Waals surface area contributed by atoms with Gasteiger partial charge in [-0.25, -0.2) is 18.8 Å². The third kappa shape index (κ3) is 8.37. The second kappa shape index (κ2) is 13.5. The minimum absolute atomic E-state index is 0.111. The van der Waals surface area contributed by atoms with Crippen LogP contribution in [-0.4, -0.2) is 52.0 Å². The first-order valence-corrected chi connectivity index (χ1v) is 13.0. The van der Waals surface area contributed by atoms with Gasteiger partial charge in [-0.2, -0.15) is 0 Å². The molecule has 4 N–H and O–H groups in total. The first kappa shape index (κ1) is 27.8. The van der Waals surface area contributed by atoms with Crippen LogP contribution in [0.5, 0.6) is 0 Å². The Morgan fingerprint density at radius 2 is 1.65 bits per heavy atom. The Kier molecular flexibility index (Phi) is 10.1. The maximum Gasteiger partial charge on any atom is 0.407 e. The molecule has 0 fully saturated rings. The lowest BCUT2D eigenvalue weighted by atomic mass is 10.0. The van der Waals surface area contributed by atoms with Gasteiger partial charge in [0.2, 0.25) is 5.91 Å². The number of esters is 1. The van der Waals surface area contributed by atoms with Gasteiger partial charge in [0, 0.05) is 17.5 Å². The minimum Gasteiger partial charge on any atom is -0.464 e. The van der Waals surface area contributed by atoms with Crippen molar-refractivity contribution in [2.75, 3.05) is 18.9 Å². The summed E-state index contributed by atoms with van der Waals surface area (Å²) in [6.07, 6.45) is -0.240. The SMILES string of the molecule is COC(=O)N[C@@H](Cc1ccccc1)C(=O)N[C@@H](Cc1ccc(NS(=O)O)cc1)c1nc(C(=O)OC)cs1. The van der Waals surface area contributed by atoms with Crippen molar-refractivity contribution in [3.8, 4) is 0 Å². The standard InChI is InChI=1S/C24H26N4O7S2/c1-34-23(30)20-14-36-22(26-20)19(13-16-8-10-17(11-9-16)28-37(32)33)25-21(29)18(27-24(31)35-2)12-15-6-4-3-5-7-15/h3-11,14,18-19,28H,12-13H2,1-2H3,(H,25,29)(H,27,31)(H,32,33)/t18-,19-/m0/s1. The molecule has 2 amide bonds. The zero-order valence-electron chi connectivity index (χ0n) is 20.0. The number of anilines is 1. The predicted octanol–water partition coefficient (Wildman–Crippen LogP) is 2.85. The summed E-state index contributed by atoms with van der Waals surface area (Å²) in [7, 11) is 2.46. The number of amides is 2. The number of benzene rings is 2. The van der Waals surface area contributed by atoms with Crippen LogP contribution < -0.4 is 15.4 Å². The molecule has 11 nitrogen and oxygen atoms in total. The number of nitrogens with zero attached hydrogens (tertiary/aromatic N) is 1. The van der Waals surface area contributed by atoms with Crippen LogP contribution in [0.15, 0.2) is 60.0 Å². The third-order valence-electron chi connectivity index (χ3n) is 5.21. The molecule has 13 heteroatoms. The van der Waals surface area contributed by atoms with E-state index in [-0.39, 0.29) is 12.1 Å². The van der Waals surface area contributed by atoms with E-state index in [0.717, 1.165) is 11.1 Å². The zero-order valence-corrected chi connectivity index (χ0v) is 21.6. The fraction of sp³-hybridized carbons (Fsp3) is 0.250. The lowest BCUT2D eigenvalue weighted by molar-refractivity contribution is -0.123. The predicted molar refractivity (Wildman–Crippen MR) is 138 cm³/mol. The third-order valence-corrected chi connectivity index (χ3v) is 6.58. The van der Waals surface area contributed by atoms with Gasteiger partial charge in [-0.15, -0.1) is 11.3 Å². The second-order valence-electron chi connectivity index (χ2n) is 7.75. The van der Waals surface area contributed by atoms with E-state index in [1.165, 1.54) is 30.9 Å². The zero-order chi connectivity index (χ0) is 26.8. The van der Waals surface area contributed by atoms with Crippen LogP contribution >= 0.6 is 11.3 Å². The summed E-state index contributed by atoms with van der Waals surface area (Å²) in [6.45, 7) is 0. The Bertz CT molecular complexity index is 1240. The van der Waals surface area contributed by atoms with Crippen molar-refractivity contribution >= 4 is 46.3 Å². The van der Waals surface area contributed by atoms with Crippen LogP contribution in [0.1, 0.15) is 32.7 Å². The van der Waals surface area contributed by atoms with Crippen molar-refractivity contribution in [2.24, 2.45) is 0 Å². The average Bonchev–Trinajstić information content (AvgIpc) is 3.39. The molecular formula is C24H26N4O7S2. The highest BCUT2D eigenvalue weighted by atomic mass is 32.2. The number of aromatic nitrogens is 1. The molecule has 3 atom stereocenters. The van der Waals surface area contributed by atoms with E-state index in [2.05, 4.69) is 20.3 Å². The van der Waals surface area contributed by atoms with Crippen molar-refractivity contribution in [3.63, 3.8) is 0 Å². The normalized spacial score (nSPS) is 13.1. The van der Waals surface area contributed by atoms with Crippen molar-refractivity contribution in [2.45, 2.75) is 24.9 Å². The highest BCUT2D eigenvalue weighted by Crippen LogP contribution is 2.24. The molecular weight excluding hydrogens is 520 g/mol. The van der Waals surface area contributed by atoms with Crippen molar-refractivity contribution in [1.29, 1.82) is 0 Å². The van der Waals surface area contributed by atoms with E-state index in [4.69, 9.17) is 14.0 Å². The highest BCUT2D eigenvalue weighted by Gasteiger charge is 2.27. The topological polar surface area (TPSA) is 156 Å². The summed E-state index contributed by atoms with van der Waals surface area (Å²) in [6, 6.07) is 14.3. The first-order valence-electron chi connectivity index (χ1n) is 11.0. The number of rotatable bonds is 11. The molecule has 0 spiro atoms. The molecule has 3 aromatic rings. The summed E-state index contributed by atoms with van der Waals surface area (Å²) in [5.41, 5.74) is 2.18. The fourth-order valence-electron chi connectivity index (χ4n) is 3.42. The van der Waals surface area contributed by atoms with E-state index in [0.29, 0.717) is 17.1 Å². The number of alkyl carbamates (subject to hydrolysis) is 1. The molecule has 2 aromatic carbocycles. The lowest BCUT2D eigenvalue weighted by Crippen LogP contribution is -2.49. The molecule has 3 rings (SSSR count). The Morgan fingerprint density at radius 3 is 2.27 bits per heavy atom. The molecule has 0 bridgehead atoms. The molecule has 1 aromatic heterocycles. The number of carbonyl (C=O) groups is 3. The Balaban J connectivity index is 1.86. The van der Waals surface area contributed by atoms with Gasteiger partial charge in [-0.1, -0.05) is 42.5 Å². The molecule has 0 saturated carbocycles. The lowest BCUT2D eigenvalue weighted by Gasteiger charge is -2.22. The summed E-state index contributed by atoms with van der Waals surface area (Å²) >= 11 is -1.02. The molecule has 0 saturated heterocycles. The number of methoxy groups -OCH3 is 2. The van der Waals surface area contributed by atoms with Crippen LogP contribution in [0.2, 0.25) is 0 Å². The number of nitrogens with one attached hydrogen (secondary N) is 3. The van der Waals surface area contributed by atoms with Gasteiger partial charge >= 0.3 is 12.1 Å². The first-order chi connectivity index (χ1) is 17.8. The minimum atomic E-state index is -2.21. The van der Waals surface area contributed by atoms with Crippen LogP contribution in [0.3, 0.4) is 0 Å². The second-order valence-corrected chi connectivity index (χ2v) is 9.35. The quantitative estimate of drug-likeness (QED) is 0.211. The summed E-state index contributed by atoms with van der Waals surface area (Å²) in [5, 5.41) is 7.50. The monoisotopic (exact) mass is 546 g/mol. The van der Waals surface area contributed by atoms with Gasteiger partial charge in [0.15, 0.2) is 5.69 Å². The molecule has 0 radical (unpaired) electrons. The number of hydrogen-bond acceptors (Lipinski definition) is 8. The average molecular weight is 547 g/mol. The molecule has 37 heavy (non-hydrogen) atoms. The van der Waals surface area contributed by atoms with Gasteiger partial charge in [0.25, 0.3) is 11.3 Å². The van der Waals surface area contributed by atoms with Crippen molar-refractivity contribution in [1.82, 2.24) is 15.6 Å². The van der Waals surface area contributed by atoms with E-state index in [1.807, 2.05) is 30.3 Å². The van der Waals surface area contributed by atoms with Gasteiger partial charge in [0.05, 0.1) is 20.3 Å². The van der Waals surface area contributed by atoms with Crippen LogP contribution in [0.4, 0.5) is 10.5 Å². The van der Waals surface area contributed by atoms with Gasteiger partial charge in [-0.05, 0) is 29.7 Å². The highest BCUT2D eigenvalue weighted by molar-refractivity contribution is 7.80. The molecule has 0 aliphatic carbocycles. The van der Waals surface area contributed by atoms with Crippen molar-refractivity contribution in [3.05, 3.63) is 81.8 Å². The van der Waals surface area contributed by atoms with Crippen LogP contribution in [0.25, 0.3) is 0 Å². The molecule has 0 aliphatic rings. The van der Waals surface area contributed by atoms with Crippen LogP contribution in [-0.2, 0) is 38.4 Å². The largest absolute Gasteiger partial charge is 0.464 e. The van der Waals surface area contributed by atoms with Gasteiger partial charge in [-0.3, -0.25) is 14.1 Å². The number of ether oxygens (including phenoxy) is 2. The maximum absolute atomic E-state index is 13.4. The molecule has 1 unspecified atom stereocenters. The molecule has 0 aliphatic heterocycles. The summed E-state index contributed by atoms with van der Waals surface area (Å²) in [4.78, 5) is 41.6.